The van der Waals surface area contributed by atoms with Gasteiger partial charge in [-0.25, -0.2) is 0 Å². The maximum Gasteiger partial charge on any atom is 0.325 e. The molecule has 0 unspecified atom stereocenters. The maximum absolute atomic E-state index is 11.6. The van der Waals surface area contributed by atoms with Gasteiger partial charge in [-0.05, 0) is 20.8 Å². The van der Waals surface area contributed by atoms with Gasteiger partial charge < -0.3 is 15.3 Å². The van der Waals surface area contributed by atoms with Gasteiger partial charge in [0.1, 0.15) is 6.04 Å². The summed E-state index contributed by atoms with van der Waals surface area (Å²) in [4.78, 5) is 35.0. The molecule has 0 bridgehead atoms. The molecule has 17 heavy (non-hydrogen) atoms. The smallest absolute Gasteiger partial charge is 0.325 e. The number of carbonyl (C=O) groups is 3. The Morgan fingerprint density at radius 1 is 1.18 bits per heavy atom. The van der Waals surface area contributed by atoms with E-state index < -0.39 is 17.9 Å². The Labute approximate surface area is 101 Å². The van der Waals surface area contributed by atoms with Crippen LogP contribution in [0.3, 0.4) is 0 Å². The first-order chi connectivity index (χ1) is 7.92. The lowest BCUT2D eigenvalue weighted by Crippen LogP contribution is -2.39. The molecule has 0 saturated carbocycles. The molecular formula is C11H20N2O4. The summed E-state index contributed by atoms with van der Waals surface area (Å²) >= 11 is 0. The molecule has 2 N–H and O–H groups in total. The summed E-state index contributed by atoms with van der Waals surface area (Å²) in [6.45, 7) is 6.35. The van der Waals surface area contributed by atoms with Crippen molar-refractivity contribution in [1.29, 1.82) is 0 Å². The number of nitrogens with one attached hydrogen (secondary N) is 1. The summed E-state index contributed by atoms with van der Waals surface area (Å²) in [6.07, 6.45) is 0.132. The third kappa shape index (κ3) is 5.89. The molecule has 0 spiro atoms. The van der Waals surface area contributed by atoms with Crippen molar-refractivity contribution in [2.75, 3.05) is 13.1 Å². The van der Waals surface area contributed by atoms with Gasteiger partial charge in [-0.1, -0.05) is 0 Å². The van der Waals surface area contributed by atoms with Crippen LogP contribution in [0.1, 0.15) is 33.6 Å². The Bertz CT molecular complexity index is 287. The predicted octanol–water partition coefficient (Wildman–Crippen LogP) is 0.224. The van der Waals surface area contributed by atoms with E-state index in [0.29, 0.717) is 13.1 Å². The van der Waals surface area contributed by atoms with Crippen molar-refractivity contribution in [3.63, 3.8) is 0 Å². The van der Waals surface area contributed by atoms with E-state index in [4.69, 9.17) is 5.11 Å². The topological polar surface area (TPSA) is 86.7 Å². The minimum atomic E-state index is -1.09. The molecule has 6 heteroatoms. The van der Waals surface area contributed by atoms with Gasteiger partial charge in [0.25, 0.3) is 0 Å². The third-order valence-corrected chi connectivity index (χ3v) is 2.43. The highest BCUT2D eigenvalue weighted by atomic mass is 16.4. The Morgan fingerprint density at radius 3 is 2.12 bits per heavy atom. The van der Waals surface area contributed by atoms with Gasteiger partial charge in [0.05, 0.1) is 0 Å². The van der Waals surface area contributed by atoms with E-state index in [9.17, 15) is 14.4 Å². The Morgan fingerprint density at radius 2 is 1.71 bits per heavy atom. The van der Waals surface area contributed by atoms with Crippen LogP contribution >= 0.6 is 0 Å². The molecule has 0 aliphatic heterocycles. The lowest BCUT2D eigenvalue weighted by atomic mass is 10.2. The summed E-state index contributed by atoms with van der Waals surface area (Å²) in [5, 5.41) is 10.9. The van der Waals surface area contributed by atoms with E-state index in [1.807, 2.05) is 13.8 Å². The molecule has 0 fully saturated rings. The fourth-order valence-electron chi connectivity index (χ4n) is 1.33. The molecule has 0 aromatic carbocycles. The SMILES string of the molecule is CCN(CC)C(=O)CCC(=O)N[C@H](C)C(=O)O. The molecule has 6 nitrogen and oxygen atoms in total. The predicted molar refractivity (Wildman–Crippen MR) is 62.4 cm³/mol. The van der Waals surface area contributed by atoms with Crippen molar-refractivity contribution in [2.24, 2.45) is 0 Å². The van der Waals surface area contributed by atoms with Crippen molar-refractivity contribution in [2.45, 2.75) is 39.7 Å². The first-order valence-corrected chi connectivity index (χ1v) is 5.72. The van der Waals surface area contributed by atoms with Crippen molar-refractivity contribution in [3.05, 3.63) is 0 Å². The molecule has 0 aliphatic rings. The monoisotopic (exact) mass is 244 g/mol. The van der Waals surface area contributed by atoms with Gasteiger partial charge in [0.2, 0.25) is 11.8 Å². The normalized spacial score (nSPS) is 11.7. The van der Waals surface area contributed by atoms with Crippen LogP contribution in [0.2, 0.25) is 0 Å². The first kappa shape index (κ1) is 15.4. The van der Waals surface area contributed by atoms with E-state index in [0.717, 1.165) is 0 Å². The highest BCUT2D eigenvalue weighted by Gasteiger charge is 2.16. The molecule has 0 aliphatic carbocycles. The summed E-state index contributed by atoms with van der Waals surface area (Å²) in [5.41, 5.74) is 0. The third-order valence-electron chi connectivity index (χ3n) is 2.43. The van der Waals surface area contributed by atoms with Gasteiger partial charge in [0.15, 0.2) is 0 Å². The number of carboxylic acid groups (broad SMARTS) is 1. The van der Waals surface area contributed by atoms with Gasteiger partial charge in [0, 0.05) is 25.9 Å². The average molecular weight is 244 g/mol. The second-order valence-electron chi connectivity index (χ2n) is 3.69. The quantitative estimate of drug-likeness (QED) is 0.671. The molecule has 0 aromatic heterocycles. The zero-order valence-electron chi connectivity index (χ0n) is 10.5. The summed E-state index contributed by atoms with van der Waals surface area (Å²) in [6, 6.07) is -0.925. The molecule has 0 heterocycles. The zero-order chi connectivity index (χ0) is 13.4. The van der Waals surface area contributed by atoms with Gasteiger partial charge >= 0.3 is 5.97 Å². The number of hydrogen-bond donors (Lipinski definition) is 2. The standard InChI is InChI=1S/C11H20N2O4/c1-4-13(5-2)10(15)7-6-9(14)12-8(3)11(16)17/h8H,4-7H2,1-3H3,(H,12,14)(H,16,17)/t8-/m1/s1. The van der Waals surface area contributed by atoms with Crippen LogP contribution in [0, 0.1) is 0 Å². The number of nitrogens with zero attached hydrogens (tertiary/aromatic N) is 1. The molecule has 1 atom stereocenters. The Kier molecular flexibility index (Phi) is 6.93. The fourth-order valence-corrected chi connectivity index (χ4v) is 1.33. The lowest BCUT2D eigenvalue weighted by Gasteiger charge is -2.18. The summed E-state index contributed by atoms with van der Waals surface area (Å²) < 4.78 is 0. The number of hydrogen-bond acceptors (Lipinski definition) is 3. The number of rotatable bonds is 7. The maximum atomic E-state index is 11.6. The van der Waals surface area contributed by atoms with Crippen LogP contribution in [0.25, 0.3) is 0 Å². The van der Waals surface area contributed by atoms with Gasteiger partial charge in [-0.2, -0.15) is 0 Å². The summed E-state index contributed by atoms with van der Waals surface area (Å²) in [5.74, 6) is -1.60. The molecule has 0 rings (SSSR count). The van der Waals surface area contributed by atoms with Gasteiger partial charge in [-0.3, -0.25) is 14.4 Å². The lowest BCUT2D eigenvalue weighted by molar-refractivity contribution is -0.141. The molecule has 98 valence electrons. The minimum absolute atomic E-state index is 0.0208. The Hall–Kier alpha value is -1.59. The first-order valence-electron chi connectivity index (χ1n) is 5.72. The molecule has 0 saturated heterocycles. The van der Waals surface area contributed by atoms with Crippen LogP contribution < -0.4 is 5.32 Å². The largest absolute Gasteiger partial charge is 0.480 e. The van der Waals surface area contributed by atoms with Crippen LogP contribution in [0.15, 0.2) is 0 Å². The second kappa shape index (κ2) is 7.65. The van der Waals surface area contributed by atoms with E-state index >= 15 is 0 Å². The van der Waals surface area contributed by atoms with Crippen LogP contribution in [-0.2, 0) is 14.4 Å². The average Bonchev–Trinajstić information content (AvgIpc) is 2.27. The number of carbonyl (C=O) groups excluding carboxylic acids is 2. The van der Waals surface area contributed by atoms with Crippen molar-refractivity contribution in [1.82, 2.24) is 10.2 Å². The van der Waals surface area contributed by atoms with Crippen molar-refractivity contribution in [3.8, 4) is 0 Å². The number of aliphatic carboxylic acids is 1. The van der Waals surface area contributed by atoms with Crippen LogP contribution in [0.4, 0.5) is 0 Å². The second-order valence-corrected chi connectivity index (χ2v) is 3.69. The van der Waals surface area contributed by atoms with E-state index in [1.165, 1.54) is 6.92 Å². The molecular weight excluding hydrogens is 224 g/mol. The molecule has 2 amide bonds. The highest BCUT2D eigenvalue weighted by molar-refractivity contribution is 5.86. The molecule has 0 radical (unpaired) electrons. The van der Waals surface area contributed by atoms with E-state index in [2.05, 4.69) is 5.32 Å². The molecule has 0 aromatic rings. The van der Waals surface area contributed by atoms with E-state index in [1.54, 1.807) is 4.90 Å². The zero-order valence-corrected chi connectivity index (χ0v) is 10.5. The van der Waals surface area contributed by atoms with Crippen molar-refractivity contribution < 1.29 is 19.5 Å². The van der Waals surface area contributed by atoms with Crippen molar-refractivity contribution >= 4 is 17.8 Å². The minimum Gasteiger partial charge on any atom is -0.480 e. The van der Waals surface area contributed by atoms with Crippen LogP contribution in [0.5, 0.6) is 0 Å². The van der Waals surface area contributed by atoms with E-state index in [-0.39, 0.29) is 18.7 Å². The van der Waals surface area contributed by atoms with Gasteiger partial charge in [-0.15, -0.1) is 0 Å². The Balaban J connectivity index is 3.99. The van der Waals surface area contributed by atoms with Crippen LogP contribution in [-0.4, -0.2) is 46.9 Å². The fraction of sp³-hybridized carbons (Fsp3) is 0.727. The highest BCUT2D eigenvalue weighted by Crippen LogP contribution is 1.98. The number of amides is 2. The summed E-state index contributed by atoms with van der Waals surface area (Å²) in [7, 11) is 0. The number of carboxylic acids is 1.